The molecule has 1 heterocycles. The molecule has 0 bridgehead atoms. The van der Waals surface area contributed by atoms with Crippen LogP contribution < -0.4 is 5.30 Å². The highest BCUT2D eigenvalue weighted by molar-refractivity contribution is 7.73. The summed E-state index contributed by atoms with van der Waals surface area (Å²) >= 11 is 5.28. The normalized spacial score (nSPS) is 11.7. The zero-order chi connectivity index (χ0) is 15.0. The van der Waals surface area contributed by atoms with Crippen molar-refractivity contribution >= 4 is 36.1 Å². The van der Waals surface area contributed by atoms with Crippen molar-refractivity contribution in [3.63, 3.8) is 0 Å². The molecule has 4 nitrogen and oxygen atoms in total. The van der Waals surface area contributed by atoms with Gasteiger partial charge in [0.2, 0.25) is 0 Å². The largest absolute Gasteiger partial charge is 0.455 e. The monoisotopic (exact) mass is 318 g/mol. The Balaban J connectivity index is 2.49. The highest BCUT2D eigenvalue weighted by Gasteiger charge is 2.27. The van der Waals surface area contributed by atoms with E-state index in [-0.39, 0.29) is 15.6 Å². The fraction of sp³-hybridized carbons (Fsp3) is 0. The Hall–Kier alpha value is -1.78. The maximum Gasteiger partial charge on any atom is 0.361 e. The van der Waals surface area contributed by atoms with E-state index >= 15 is 0 Å². The van der Waals surface area contributed by atoms with Gasteiger partial charge in [0.15, 0.2) is 5.76 Å². The SMILES string of the molecule is O=P(O)(O)c1c(-c2ccccc2)oc2ccccc2c1=S. The van der Waals surface area contributed by atoms with E-state index in [1.807, 2.05) is 6.07 Å². The van der Waals surface area contributed by atoms with E-state index in [9.17, 15) is 14.4 Å². The van der Waals surface area contributed by atoms with E-state index in [4.69, 9.17) is 16.6 Å². The van der Waals surface area contributed by atoms with E-state index in [0.717, 1.165) is 0 Å². The van der Waals surface area contributed by atoms with Crippen LogP contribution in [0.5, 0.6) is 0 Å². The molecule has 3 rings (SSSR count). The molecule has 0 amide bonds. The van der Waals surface area contributed by atoms with Crippen molar-refractivity contribution in [3.05, 3.63) is 59.1 Å². The first-order valence-electron chi connectivity index (χ1n) is 6.16. The number of fused-ring (bicyclic) bond motifs is 1. The summed E-state index contributed by atoms with van der Waals surface area (Å²) in [7, 11) is -4.56. The number of hydrogen-bond acceptors (Lipinski definition) is 3. The molecule has 0 spiro atoms. The predicted molar refractivity (Wildman–Crippen MR) is 84.2 cm³/mol. The maximum atomic E-state index is 11.9. The molecule has 2 N–H and O–H groups in total. The number of benzene rings is 2. The van der Waals surface area contributed by atoms with Crippen LogP contribution in [0.15, 0.2) is 59.0 Å². The third-order valence-electron chi connectivity index (χ3n) is 3.10. The minimum absolute atomic E-state index is 0.118. The quantitative estimate of drug-likeness (QED) is 0.558. The predicted octanol–water partition coefficient (Wildman–Crippen LogP) is 3.63. The van der Waals surface area contributed by atoms with Crippen LogP contribution in [-0.4, -0.2) is 9.79 Å². The molecule has 106 valence electrons. The molecule has 0 unspecified atom stereocenters. The van der Waals surface area contributed by atoms with Crippen LogP contribution >= 0.6 is 19.8 Å². The summed E-state index contributed by atoms with van der Waals surface area (Å²) in [6, 6.07) is 15.8. The summed E-state index contributed by atoms with van der Waals surface area (Å²) in [5.74, 6) is 0.118. The van der Waals surface area contributed by atoms with Crippen LogP contribution in [0, 0.1) is 4.51 Å². The van der Waals surface area contributed by atoms with E-state index in [1.165, 1.54) is 0 Å². The molecule has 21 heavy (non-hydrogen) atoms. The molecule has 0 radical (unpaired) electrons. The lowest BCUT2D eigenvalue weighted by molar-refractivity contribution is 0.386. The lowest BCUT2D eigenvalue weighted by atomic mass is 10.1. The molecule has 1 aromatic heterocycles. The molecule has 0 saturated carbocycles. The molecule has 0 aliphatic carbocycles. The van der Waals surface area contributed by atoms with E-state index < -0.39 is 7.60 Å². The van der Waals surface area contributed by atoms with E-state index in [0.29, 0.717) is 16.5 Å². The van der Waals surface area contributed by atoms with Crippen molar-refractivity contribution < 1.29 is 18.8 Å². The second-order valence-corrected chi connectivity index (χ2v) is 6.46. The third-order valence-corrected chi connectivity index (χ3v) is 4.69. The first-order chi connectivity index (χ1) is 9.98. The summed E-state index contributed by atoms with van der Waals surface area (Å²) in [4.78, 5) is 19.3. The second kappa shape index (κ2) is 5.20. The lowest BCUT2D eigenvalue weighted by Gasteiger charge is -2.12. The number of hydrogen-bond donors (Lipinski definition) is 2. The molecule has 0 aliphatic heterocycles. The number of rotatable bonds is 2. The fourth-order valence-corrected chi connectivity index (χ4v) is 3.62. The summed E-state index contributed by atoms with van der Waals surface area (Å²) < 4.78 is 17.7. The van der Waals surface area contributed by atoms with Crippen molar-refractivity contribution in [1.29, 1.82) is 0 Å². The van der Waals surface area contributed by atoms with Crippen molar-refractivity contribution in [2.45, 2.75) is 0 Å². The standard InChI is InChI=1S/C15H11O4PS/c16-20(17,18)14-13(10-6-2-1-3-7-10)19-12-9-5-4-8-11(12)15(14)21/h1-9H,(H2,16,17,18). The Bertz CT molecular complexity index is 912. The smallest absolute Gasteiger partial charge is 0.361 e. The van der Waals surface area contributed by atoms with Crippen molar-refractivity contribution in [2.75, 3.05) is 0 Å². The van der Waals surface area contributed by atoms with Gasteiger partial charge in [0.1, 0.15) is 10.9 Å². The van der Waals surface area contributed by atoms with Gasteiger partial charge in [0.25, 0.3) is 0 Å². The summed E-state index contributed by atoms with van der Waals surface area (Å²) in [6.07, 6.45) is 0. The van der Waals surface area contributed by atoms with Gasteiger partial charge in [-0.2, -0.15) is 0 Å². The average molecular weight is 318 g/mol. The van der Waals surface area contributed by atoms with Gasteiger partial charge in [-0.05, 0) is 12.1 Å². The second-order valence-electron chi connectivity index (χ2n) is 4.52. The Kier molecular flexibility index (Phi) is 3.51. The van der Waals surface area contributed by atoms with Crippen molar-refractivity contribution in [2.24, 2.45) is 0 Å². The third kappa shape index (κ3) is 2.57. The summed E-state index contributed by atoms with van der Waals surface area (Å²) in [6.45, 7) is 0. The van der Waals surface area contributed by atoms with Crippen LogP contribution in [0.25, 0.3) is 22.3 Å². The molecular weight excluding hydrogens is 307 g/mol. The molecule has 0 atom stereocenters. The minimum Gasteiger partial charge on any atom is -0.455 e. The Morgan fingerprint density at radius 3 is 2.24 bits per heavy atom. The first kappa shape index (κ1) is 14.2. The zero-order valence-electron chi connectivity index (χ0n) is 10.8. The van der Waals surface area contributed by atoms with Gasteiger partial charge in [-0.25, -0.2) is 0 Å². The average Bonchev–Trinajstić information content (AvgIpc) is 2.46. The van der Waals surface area contributed by atoms with Gasteiger partial charge in [0.05, 0.1) is 4.51 Å². The fourth-order valence-electron chi connectivity index (χ4n) is 2.18. The van der Waals surface area contributed by atoms with E-state index in [1.54, 1.807) is 48.5 Å². The van der Waals surface area contributed by atoms with Crippen LogP contribution in [0.4, 0.5) is 0 Å². The van der Waals surface area contributed by atoms with Gasteiger partial charge in [-0.1, -0.05) is 54.7 Å². The molecule has 3 aromatic rings. The highest BCUT2D eigenvalue weighted by Crippen LogP contribution is 2.40. The molecule has 0 saturated heterocycles. The van der Waals surface area contributed by atoms with Gasteiger partial charge >= 0.3 is 7.60 Å². The van der Waals surface area contributed by atoms with Crippen molar-refractivity contribution in [3.8, 4) is 11.3 Å². The molecule has 6 heteroatoms. The van der Waals surface area contributed by atoms with Gasteiger partial charge in [0, 0.05) is 10.9 Å². The van der Waals surface area contributed by atoms with Gasteiger partial charge in [-0.3, -0.25) is 4.57 Å². The summed E-state index contributed by atoms with van der Waals surface area (Å²) in [5, 5.41) is 0.285. The molecule has 0 fully saturated rings. The first-order valence-corrected chi connectivity index (χ1v) is 8.18. The van der Waals surface area contributed by atoms with Gasteiger partial charge in [-0.15, -0.1) is 0 Å². The molecular formula is C15H11O4PS. The van der Waals surface area contributed by atoms with Crippen LogP contribution in [0.3, 0.4) is 0 Å². The van der Waals surface area contributed by atoms with Crippen molar-refractivity contribution in [1.82, 2.24) is 0 Å². The Labute approximate surface area is 125 Å². The Morgan fingerprint density at radius 2 is 1.57 bits per heavy atom. The van der Waals surface area contributed by atoms with Gasteiger partial charge < -0.3 is 14.2 Å². The molecule has 0 aliphatic rings. The topological polar surface area (TPSA) is 70.7 Å². The number of para-hydroxylation sites is 1. The Morgan fingerprint density at radius 1 is 0.952 bits per heavy atom. The van der Waals surface area contributed by atoms with Crippen LogP contribution in [0.1, 0.15) is 0 Å². The minimum atomic E-state index is -4.56. The van der Waals surface area contributed by atoms with E-state index in [2.05, 4.69) is 0 Å². The maximum absolute atomic E-state index is 11.9. The lowest BCUT2D eigenvalue weighted by Crippen LogP contribution is -2.10. The summed E-state index contributed by atoms with van der Waals surface area (Å²) in [5.41, 5.74) is 1.08. The van der Waals surface area contributed by atoms with Crippen LogP contribution in [0.2, 0.25) is 0 Å². The zero-order valence-corrected chi connectivity index (χ0v) is 12.5. The van der Waals surface area contributed by atoms with Crippen LogP contribution in [-0.2, 0) is 4.57 Å². The highest BCUT2D eigenvalue weighted by atomic mass is 32.1. The molecule has 2 aromatic carbocycles.